The maximum atomic E-state index is 12.2. The van der Waals surface area contributed by atoms with Crippen LogP contribution >= 0.6 is 0 Å². The molecule has 0 radical (unpaired) electrons. The number of hydrogen-bond acceptors (Lipinski definition) is 3. The lowest BCUT2D eigenvalue weighted by molar-refractivity contribution is 0.588. The summed E-state index contributed by atoms with van der Waals surface area (Å²) in [6, 6.07) is 7.40. The van der Waals surface area contributed by atoms with Crippen LogP contribution in [0, 0.1) is 0 Å². The molecule has 0 atom stereocenters. The predicted octanol–water partition coefficient (Wildman–Crippen LogP) is 2.10. The second-order valence-corrected chi connectivity index (χ2v) is 6.27. The maximum absolute atomic E-state index is 12.2. The Morgan fingerprint density at radius 3 is 2.17 bits per heavy atom. The van der Waals surface area contributed by atoms with Crippen LogP contribution in [0.25, 0.3) is 0 Å². The molecule has 0 spiro atoms. The van der Waals surface area contributed by atoms with Crippen molar-refractivity contribution in [1.82, 2.24) is 0 Å². The van der Waals surface area contributed by atoms with Gasteiger partial charge in [-0.15, -0.1) is 0 Å². The molecule has 0 fully saturated rings. The van der Waals surface area contributed by atoms with E-state index in [9.17, 15) is 8.42 Å². The van der Waals surface area contributed by atoms with E-state index in [0.29, 0.717) is 19.5 Å². The average molecular weight is 270 g/mol. The Hall–Kier alpha value is -1.07. The molecule has 0 heterocycles. The van der Waals surface area contributed by atoms with Crippen LogP contribution in [0.4, 0.5) is 5.69 Å². The van der Waals surface area contributed by atoms with Crippen molar-refractivity contribution in [2.75, 3.05) is 16.6 Å². The van der Waals surface area contributed by atoms with Gasteiger partial charge in [0, 0.05) is 13.1 Å². The first-order valence-electron chi connectivity index (χ1n) is 6.34. The van der Waals surface area contributed by atoms with Gasteiger partial charge in [0.15, 0.2) is 0 Å². The second kappa shape index (κ2) is 6.75. The van der Waals surface area contributed by atoms with Crippen molar-refractivity contribution in [2.45, 2.75) is 33.2 Å². The van der Waals surface area contributed by atoms with Crippen molar-refractivity contribution in [3.8, 4) is 0 Å². The van der Waals surface area contributed by atoms with Crippen molar-refractivity contribution in [3.63, 3.8) is 0 Å². The Morgan fingerprint density at radius 1 is 1.11 bits per heavy atom. The summed E-state index contributed by atoms with van der Waals surface area (Å²) in [6.07, 6.45) is 1.42. The molecule has 4 nitrogen and oxygen atoms in total. The fraction of sp³-hybridized carbons (Fsp3) is 0.538. The van der Waals surface area contributed by atoms with Gasteiger partial charge in [-0.25, -0.2) is 8.42 Å². The highest BCUT2D eigenvalue weighted by molar-refractivity contribution is 7.92. The molecule has 0 aliphatic rings. The van der Waals surface area contributed by atoms with Crippen molar-refractivity contribution >= 4 is 15.7 Å². The molecule has 1 aromatic rings. The zero-order valence-electron chi connectivity index (χ0n) is 11.1. The summed E-state index contributed by atoms with van der Waals surface area (Å²) in [5, 5.41) is 0. The molecule has 2 N–H and O–H groups in total. The van der Waals surface area contributed by atoms with E-state index in [-0.39, 0.29) is 5.75 Å². The molecular weight excluding hydrogens is 248 g/mol. The van der Waals surface area contributed by atoms with Crippen LogP contribution in [-0.2, 0) is 16.6 Å². The van der Waals surface area contributed by atoms with Crippen LogP contribution in [0.1, 0.15) is 32.3 Å². The van der Waals surface area contributed by atoms with E-state index in [2.05, 4.69) is 0 Å². The van der Waals surface area contributed by atoms with Crippen molar-refractivity contribution < 1.29 is 8.42 Å². The monoisotopic (exact) mass is 270 g/mol. The van der Waals surface area contributed by atoms with Crippen molar-refractivity contribution in [3.05, 3.63) is 29.8 Å². The van der Waals surface area contributed by atoms with Gasteiger partial charge in [0.1, 0.15) is 0 Å². The van der Waals surface area contributed by atoms with E-state index in [0.717, 1.165) is 17.7 Å². The lowest BCUT2D eigenvalue weighted by Gasteiger charge is -2.24. The van der Waals surface area contributed by atoms with Gasteiger partial charge in [-0.3, -0.25) is 4.31 Å². The minimum Gasteiger partial charge on any atom is -0.326 e. The zero-order chi connectivity index (χ0) is 13.6. The SMILES string of the molecule is CCCN(c1ccc(CN)cc1)S(=O)(=O)CCC. The highest BCUT2D eigenvalue weighted by Gasteiger charge is 2.20. The number of hydrogen-bond donors (Lipinski definition) is 1. The second-order valence-electron chi connectivity index (χ2n) is 4.26. The van der Waals surface area contributed by atoms with Crippen LogP contribution in [0.3, 0.4) is 0 Å². The molecule has 5 heteroatoms. The topological polar surface area (TPSA) is 63.4 Å². The predicted molar refractivity (Wildman–Crippen MR) is 76.0 cm³/mol. The molecule has 0 aromatic heterocycles. The van der Waals surface area contributed by atoms with Gasteiger partial charge in [0.05, 0.1) is 11.4 Å². The van der Waals surface area contributed by atoms with Gasteiger partial charge < -0.3 is 5.73 Å². The zero-order valence-corrected chi connectivity index (χ0v) is 11.9. The maximum Gasteiger partial charge on any atom is 0.235 e. The Bertz CT molecular complexity index is 454. The number of benzene rings is 1. The minimum atomic E-state index is -3.21. The lowest BCUT2D eigenvalue weighted by atomic mass is 10.2. The summed E-state index contributed by atoms with van der Waals surface area (Å²) >= 11 is 0. The van der Waals surface area contributed by atoms with E-state index in [1.54, 1.807) is 0 Å². The molecule has 18 heavy (non-hydrogen) atoms. The molecule has 0 saturated heterocycles. The average Bonchev–Trinajstić information content (AvgIpc) is 2.36. The third kappa shape index (κ3) is 3.71. The normalized spacial score (nSPS) is 11.5. The van der Waals surface area contributed by atoms with Crippen molar-refractivity contribution in [1.29, 1.82) is 0 Å². The third-order valence-corrected chi connectivity index (χ3v) is 4.67. The summed E-state index contributed by atoms with van der Waals surface area (Å²) in [6.45, 7) is 4.84. The summed E-state index contributed by atoms with van der Waals surface area (Å²) in [4.78, 5) is 0. The van der Waals surface area contributed by atoms with Crippen LogP contribution in [0.5, 0.6) is 0 Å². The Balaban J connectivity index is 3.03. The number of nitrogens with two attached hydrogens (primary N) is 1. The molecule has 0 aliphatic carbocycles. The van der Waals surface area contributed by atoms with Crippen molar-refractivity contribution in [2.24, 2.45) is 5.73 Å². The van der Waals surface area contributed by atoms with E-state index in [1.807, 2.05) is 38.1 Å². The number of sulfonamides is 1. The van der Waals surface area contributed by atoms with Gasteiger partial charge in [-0.2, -0.15) is 0 Å². The van der Waals surface area contributed by atoms with Crippen LogP contribution < -0.4 is 10.0 Å². The summed E-state index contributed by atoms with van der Waals surface area (Å²) in [5.41, 5.74) is 7.26. The summed E-state index contributed by atoms with van der Waals surface area (Å²) in [7, 11) is -3.21. The minimum absolute atomic E-state index is 0.186. The quantitative estimate of drug-likeness (QED) is 0.825. The van der Waals surface area contributed by atoms with Gasteiger partial charge in [-0.1, -0.05) is 26.0 Å². The van der Waals surface area contributed by atoms with Crippen LogP contribution in [-0.4, -0.2) is 20.7 Å². The molecule has 0 saturated carbocycles. The molecule has 1 rings (SSSR count). The lowest BCUT2D eigenvalue weighted by Crippen LogP contribution is -2.33. The third-order valence-electron chi connectivity index (χ3n) is 2.68. The van der Waals surface area contributed by atoms with Gasteiger partial charge in [0.25, 0.3) is 0 Å². The van der Waals surface area contributed by atoms with E-state index >= 15 is 0 Å². The summed E-state index contributed by atoms with van der Waals surface area (Å²) in [5.74, 6) is 0.186. The number of nitrogens with zero attached hydrogens (tertiary/aromatic N) is 1. The first kappa shape index (κ1) is 15.0. The molecule has 0 amide bonds. The van der Waals surface area contributed by atoms with Gasteiger partial charge in [0.2, 0.25) is 10.0 Å². The smallest absolute Gasteiger partial charge is 0.235 e. The van der Waals surface area contributed by atoms with E-state index in [4.69, 9.17) is 5.73 Å². The molecule has 0 aliphatic heterocycles. The molecule has 102 valence electrons. The highest BCUT2D eigenvalue weighted by Crippen LogP contribution is 2.20. The largest absolute Gasteiger partial charge is 0.326 e. The standard InChI is InChI=1S/C13H22N2O2S/c1-3-9-15(18(16,17)10-4-2)13-7-5-12(11-14)6-8-13/h5-8H,3-4,9-11,14H2,1-2H3. The molecule has 1 aromatic carbocycles. The fourth-order valence-corrected chi connectivity index (χ4v) is 3.44. The van der Waals surface area contributed by atoms with Crippen LogP contribution in [0.15, 0.2) is 24.3 Å². The number of anilines is 1. The number of rotatable bonds is 7. The molecular formula is C13H22N2O2S. The first-order valence-corrected chi connectivity index (χ1v) is 7.95. The Labute approximate surface area is 110 Å². The Morgan fingerprint density at radius 2 is 1.72 bits per heavy atom. The summed E-state index contributed by atoms with van der Waals surface area (Å²) < 4.78 is 25.9. The first-order chi connectivity index (χ1) is 8.55. The Kier molecular flexibility index (Phi) is 5.62. The highest BCUT2D eigenvalue weighted by atomic mass is 32.2. The molecule has 0 unspecified atom stereocenters. The fourth-order valence-electron chi connectivity index (χ4n) is 1.80. The molecule has 0 bridgehead atoms. The van der Waals surface area contributed by atoms with Gasteiger partial charge >= 0.3 is 0 Å². The van der Waals surface area contributed by atoms with Gasteiger partial charge in [-0.05, 0) is 30.5 Å². The van der Waals surface area contributed by atoms with Crippen LogP contribution in [0.2, 0.25) is 0 Å². The van der Waals surface area contributed by atoms with E-state index in [1.165, 1.54) is 4.31 Å². The van der Waals surface area contributed by atoms with E-state index < -0.39 is 10.0 Å².